The van der Waals surface area contributed by atoms with E-state index in [0.717, 1.165) is 21.7 Å². The summed E-state index contributed by atoms with van der Waals surface area (Å²) >= 11 is 12.2. The highest BCUT2D eigenvalue weighted by Crippen LogP contribution is 2.26. The smallest absolute Gasteiger partial charge is 0.243 e. The summed E-state index contributed by atoms with van der Waals surface area (Å²) in [7, 11) is -3.71. The summed E-state index contributed by atoms with van der Waals surface area (Å²) in [6.45, 7) is 5.65. The van der Waals surface area contributed by atoms with Crippen molar-refractivity contribution in [3.63, 3.8) is 0 Å². The number of carbonyl (C=O) groups is 1. The Morgan fingerprint density at radius 3 is 2.24 bits per heavy atom. The molecule has 29 heavy (non-hydrogen) atoms. The van der Waals surface area contributed by atoms with Gasteiger partial charge in [-0.15, -0.1) is 0 Å². The second-order valence-corrected chi connectivity index (χ2v) is 9.39. The van der Waals surface area contributed by atoms with Crippen LogP contribution < -0.4 is 14.4 Å². The van der Waals surface area contributed by atoms with E-state index in [1.165, 1.54) is 13.0 Å². The fourth-order valence-electron chi connectivity index (χ4n) is 2.68. The van der Waals surface area contributed by atoms with Crippen LogP contribution in [0.25, 0.3) is 0 Å². The van der Waals surface area contributed by atoms with Gasteiger partial charge in [0.2, 0.25) is 15.9 Å². The van der Waals surface area contributed by atoms with Crippen molar-refractivity contribution in [2.45, 2.75) is 26.8 Å². The molecule has 158 valence electrons. The Morgan fingerprint density at radius 2 is 1.69 bits per heavy atom. The monoisotopic (exact) mass is 458 g/mol. The Labute approximate surface area is 181 Å². The number of hydrogen-bond acceptors (Lipinski definition) is 4. The standard InChI is InChI=1S/C20H24Cl2N2O4S/c1-13-5-7-16(11-18(13)21)24(29(4,26)27)15(3)20(25)23-9-10-28-17-8-6-14(2)19(22)12-17/h5-8,11-12,15H,9-10H2,1-4H3,(H,23,25)/t15-/m1/s1. The molecule has 0 bridgehead atoms. The van der Waals surface area contributed by atoms with Gasteiger partial charge in [-0.2, -0.15) is 0 Å². The van der Waals surface area contributed by atoms with Gasteiger partial charge in [-0.3, -0.25) is 9.10 Å². The van der Waals surface area contributed by atoms with Crippen molar-refractivity contribution in [3.8, 4) is 5.75 Å². The Hall–Kier alpha value is -1.96. The number of nitrogens with zero attached hydrogens (tertiary/aromatic N) is 1. The first-order valence-electron chi connectivity index (χ1n) is 8.93. The number of halogens is 2. The molecule has 0 saturated heterocycles. The number of anilines is 1. The maximum Gasteiger partial charge on any atom is 0.243 e. The number of benzene rings is 2. The quantitative estimate of drug-likeness (QED) is 0.607. The van der Waals surface area contributed by atoms with Crippen LogP contribution in [0.5, 0.6) is 5.75 Å². The molecule has 9 heteroatoms. The number of carbonyl (C=O) groups excluding carboxylic acids is 1. The van der Waals surface area contributed by atoms with E-state index in [2.05, 4.69) is 5.32 Å². The third-order valence-electron chi connectivity index (χ3n) is 4.31. The summed E-state index contributed by atoms with van der Waals surface area (Å²) in [5.74, 6) is 0.146. The van der Waals surface area contributed by atoms with E-state index in [-0.39, 0.29) is 13.2 Å². The lowest BCUT2D eigenvalue weighted by atomic mass is 10.2. The zero-order chi connectivity index (χ0) is 21.8. The molecule has 0 fully saturated rings. The molecule has 2 rings (SSSR count). The van der Waals surface area contributed by atoms with E-state index in [4.69, 9.17) is 27.9 Å². The molecule has 1 atom stereocenters. The highest BCUT2D eigenvalue weighted by molar-refractivity contribution is 7.92. The van der Waals surface area contributed by atoms with Crippen LogP contribution in [0.4, 0.5) is 5.69 Å². The fraction of sp³-hybridized carbons (Fsp3) is 0.350. The lowest BCUT2D eigenvalue weighted by Crippen LogP contribution is -2.48. The first-order valence-corrected chi connectivity index (χ1v) is 11.5. The maximum atomic E-state index is 12.5. The average molecular weight is 459 g/mol. The predicted molar refractivity (Wildman–Crippen MR) is 118 cm³/mol. The Bertz CT molecular complexity index is 996. The molecule has 2 aromatic carbocycles. The summed E-state index contributed by atoms with van der Waals surface area (Å²) in [5.41, 5.74) is 2.09. The summed E-state index contributed by atoms with van der Waals surface area (Å²) < 4.78 is 31.2. The molecule has 2 aromatic rings. The molecule has 0 aliphatic heterocycles. The van der Waals surface area contributed by atoms with Gasteiger partial charge >= 0.3 is 0 Å². The van der Waals surface area contributed by atoms with Crippen LogP contribution in [0, 0.1) is 13.8 Å². The van der Waals surface area contributed by atoms with Crippen molar-refractivity contribution in [1.82, 2.24) is 5.32 Å². The Kier molecular flexibility index (Phi) is 7.80. The topological polar surface area (TPSA) is 75.7 Å². The first kappa shape index (κ1) is 23.3. The summed E-state index contributed by atoms with van der Waals surface area (Å²) in [4.78, 5) is 12.5. The highest BCUT2D eigenvalue weighted by atomic mass is 35.5. The van der Waals surface area contributed by atoms with Gasteiger partial charge < -0.3 is 10.1 Å². The number of ether oxygens (including phenoxy) is 1. The number of amides is 1. The number of aryl methyl sites for hydroxylation is 2. The zero-order valence-corrected chi connectivity index (χ0v) is 19.0. The lowest BCUT2D eigenvalue weighted by Gasteiger charge is -2.28. The van der Waals surface area contributed by atoms with Crippen molar-refractivity contribution in [3.05, 3.63) is 57.6 Å². The van der Waals surface area contributed by atoms with Gasteiger partial charge in [0, 0.05) is 10.0 Å². The van der Waals surface area contributed by atoms with Crippen molar-refractivity contribution in [2.75, 3.05) is 23.7 Å². The lowest BCUT2D eigenvalue weighted by molar-refractivity contribution is -0.121. The van der Waals surface area contributed by atoms with Crippen molar-refractivity contribution >= 4 is 44.8 Å². The van der Waals surface area contributed by atoms with E-state index in [9.17, 15) is 13.2 Å². The van der Waals surface area contributed by atoms with Crippen molar-refractivity contribution in [2.24, 2.45) is 0 Å². The minimum absolute atomic E-state index is 0.209. The van der Waals surface area contributed by atoms with Crippen LogP contribution >= 0.6 is 23.2 Å². The number of nitrogens with one attached hydrogen (secondary N) is 1. The normalized spacial score (nSPS) is 12.3. The van der Waals surface area contributed by atoms with Crippen LogP contribution in [0.1, 0.15) is 18.1 Å². The molecule has 6 nitrogen and oxygen atoms in total. The van der Waals surface area contributed by atoms with E-state index < -0.39 is 22.0 Å². The van der Waals surface area contributed by atoms with Gasteiger partial charge in [-0.05, 0) is 56.2 Å². The van der Waals surface area contributed by atoms with Crippen LogP contribution in [0.15, 0.2) is 36.4 Å². The first-order chi connectivity index (χ1) is 13.5. The van der Waals surface area contributed by atoms with E-state index >= 15 is 0 Å². The van der Waals surface area contributed by atoms with Gasteiger partial charge in [0.25, 0.3) is 0 Å². The van der Waals surface area contributed by atoms with Gasteiger partial charge in [0.15, 0.2) is 0 Å². The van der Waals surface area contributed by atoms with Crippen LogP contribution in [-0.2, 0) is 14.8 Å². The molecule has 0 heterocycles. The number of rotatable bonds is 8. The van der Waals surface area contributed by atoms with Crippen LogP contribution in [-0.4, -0.2) is 39.8 Å². The fourth-order valence-corrected chi connectivity index (χ4v) is 4.19. The second-order valence-electron chi connectivity index (χ2n) is 6.72. The minimum Gasteiger partial charge on any atom is -0.492 e. The zero-order valence-electron chi connectivity index (χ0n) is 16.7. The third kappa shape index (κ3) is 6.26. The molecule has 1 amide bonds. The molecular weight excluding hydrogens is 435 g/mol. The molecule has 0 aromatic heterocycles. The highest BCUT2D eigenvalue weighted by Gasteiger charge is 2.29. The minimum atomic E-state index is -3.71. The summed E-state index contributed by atoms with van der Waals surface area (Å²) in [6, 6.07) is 9.24. The van der Waals surface area contributed by atoms with Crippen LogP contribution in [0.3, 0.4) is 0 Å². The Morgan fingerprint density at radius 1 is 1.10 bits per heavy atom. The SMILES string of the molecule is Cc1ccc(OCCNC(=O)[C@@H](C)N(c2ccc(C)c(Cl)c2)S(C)(=O)=O)cc1Cl. The van der Waals surface area contributed by atoms with E-state index in [1.54, 1.807) is 24.3 Å². The molecule has 0 saturated carbocycles. The van der Waals surface area contributed by atoms with Crippen molar-refractivity contribution < 1.29 is 17.9 Å². The summed E-state index contributed by atoms with van der Waals surface area (Å²) in [5, 5.41) is 3.71. The molecule has 0 aliphatic rings. The molecular formula is C20H24Cl2N2O4S. The number of sulfonamides is 1. The van der Waals surface area contributed by atoms with Crippen LogP contribution in [0.2, 0.25) is 10.0 Å². The van der Waals surface area contributed by atoms with Gasteiger partial charge in [0.1, 0.15) is 18.4 Å². The molecule has 0 spiro atoms. The summed E-state index contributed by atoms with van der Waals surface area (Å²) in [6.07, 6.45) is 1.05. The largest absolute Gasteiger partial charge is 0.492 e. The van der Waals surface area contributed by atoms with E-state index in [1.807, 2.05) is 19.9 Å². The number of hydrogen-bond donors (Lipinski definition) is 1. The average Bonchev–Trinajstić information content (AvgIpc) is 2.63. The van der Waals surface area contributed by atoms with E-state index in [0.29, 0.717) is 21.5 Å². The van der Waals surface area contributed by atoms with Gasteiger partial charge in [0.05, 0.1) is 18.5 Å². The van der Waals surface area contributed by atoms with Gasteiger partial charge in [-0.25, -0.2) is 8.42 Å². The molecule has 0 radical (unpaired) electrons. The van der Waals surface area contributed by atoms with Crippen molar-refractivity contribution in [1.29, 1.82) is 0 Å². The molecule has 0 aliphatic carbocycles. The second kappa shape index (κ2) is 9.69. The Balaban J connectivity index is 2.01. The maximum absolute atomic E-state index is 12.5. The third-order valence-corrected chi connectivity index (χ3v) is 6.37. The molecule has 0 unspecified atom stereocenters. The molecule has 1 N–H and O–H groups in total. The predicted octanol–water partition coefficient (Wildman–Crippen LogP) is 3.96. The van der Waals surface area contributed by atoms with Gasteiger partial charge in [-0.1, -0.05) is 35.3 Å².